The SMILES string of the molecule is CC(=O)c1cccc(-n2nnnc2C2CC2C(=O)O)c1. The van der Waals surface area contributed by atoms with E-state index in [0.717, 1.165) is 0 Å². The molecular formula is C13H12N4O3. The fourth-order valence-electron chi connectivity index (χ4n) is 2.22. The first-order valence-electron chi connectivity index (χ1n) is 6.20. The number of benzene rings is 1. The van der Waals surface area contributed by atoms with Crippen molar-refractivity contribution in [2.45, 2.75) is 19.3 Å². The molecule has 2 unspecified atom stereocenters. The number of hydrogen-bond donors (Lipinski definition) is 1. The van der Waals surface area contributed by atoms with Crippen LogP contribution in [0.2, 0.25) is 0 Å². The van der Waals surface area contributed by atoms with Crippen LogP contribution in [0.25, 0.3) is 5.69 Å². The molecule has 0 spiro atoms. The van der Waals surface area contributed by atoms with E-state index in [1.54, 1.807) is 24.3 Å². The zero-order chi connectivity index (χ0) is 14.3. The van der Waals surface area contributed by atoms with Gasteiger partial charge in [0.1, 0.15) is 0 Å². The summed E-state index contributed by atoms with van der Waals surface area (Å²) in [6, 6.07) is 6.94. The second-order valence-corrected chi connectivity index (χ2v) is 4.84. The minimum absolute atomic E-state index is 0.0451. The molecule has 1 aromatic heterocycles. The van der Waals surface area contributed by atoms with Gasteiger partial charge in [0.2, 0.25) is 0 Å². The van der Waals surface area contributed by atoms with E-state index >= 15 is 0 Å². The van der Waals surface area contributed by atoms with Gasteiger partial charge >= 0.3 is 5.97 Å². The van der Waals surface area contributed by atoms with Crippen molar-refractivity contribution in [3.8, 4) is 5.69 Å². The minimum atomic E-state index is -0.831. The maximum absolute atomic E-state index is 11.4. The molecule has 7 nitrogen and oxygen atoms in total. The molecule has 0 saturated heterocycles. The fourth-order valence-corrected chi connectivity index (χ4v) is 2.22. The van der Waals surface area contributed by atoms with Crippen LogP contribution in [0, 0.1) is 5.92 Å². The molecule has 1 fully saturated rings. The lowest BCUT2D eigenvalue weighted by molar-refractivity contribution is -0.138. The Balaban J connectivity index is 1.96. The van der Waals surface area contributed by atoms with Crippen LogP contribution in [-0.2, 0) is 4.79 Å². The molecule has 0 amide bonds. The molecule has 1 aliphatic rings. The Hall–Kier alpha value is -2.57. The summed E-state index contributed by atoms with van der Waals surface area (Å²) >= 11 is 0. The summed E-state index contributed by atoms with van der Waals surface area (Å²) in [5, 5.41) is 20.4. The highest BCUT2D eigenvalue weighted by Gasteiger charge is 2.47. The number of ketones is 1. The predicted octanol–water partition coefficient (Wildman–Crippen LogP) is 1.05. The van der Waals surface area contributed by atoms with Crippen LogP contribution in [0.3, 0.4) is 0 Å². The van der Waals surface area contributed by atoms with E-state index in [4.69, 9.17) is 5.11 Å². The van der Waals surface area contributed by atoms with Crippen molar-refractivity contribution >= 4 is 11.8 Å². The zero-order valence-corrected chi connectivity index (χ0v) is 10.7. The van der Waals surface area contributed by atoms with Crippen LogP contribution >= 0.6 is 0 Å². The van der Waals surface area contributed by atoms with Crippen LogP contribution in [-0.4, -0.2) is 37.1 Å². The monoisotopic (exact) mass is 272 g/mol. The Labute approximate surface area is 114 Å². The van der Waals surface area contributed by atoms with Crippen molar-refractivity contribution in [3.05, 3.63) is 35.7 Å². The van der Waals surface area contributed by atoms with Crippen LogP contribution in [0.1, 0.15) is 35.4 Å². The molecule has 0 aliphatic heterocycles. The first kappa shape index (κ1) is 12.5. The number of carbonyl (C=O) groups excluding carboxylic acids is 1. The Bertz CT molecular complexity index is 694. The van der Waals surface area contributed by atoms with Crippen LogP contribution in [0.4, 0.5) is 0 Å². The lowest BCUT2D eigenvalue weighted by Crippen LogP contribution is -2.06. The molecule has 1 aromatic carbocycles. The zero-order valence-electron chi connectivity index (χ0n) is 10.7. The number of Topliss-reactive ketones (excluding diaryl/α,β-unsaturated/α-hetero) is 1. The van der Waals surface area contributed by atoms with Crippen molar-refractivity contribution < 1.29 is 14.7 Å². The molecule has 1 saturated carbocycles. The molecule has 20 heavy (non-hydrogen) atoms. The third-order valence-corrected chi connectivity index (χ3v) is 3.43. The second kappa shape index (κ2) is 4.52. The Kier molecular flexibility index (Phi) is 2.81. The number of rotatable bonds is 4. The van der Waals surface area contributed by atoms with E-state index in [1.165, 1.54) is 11.6 Å². The number of tetrazole rings is 1. The van der Waals surface area contributed by atoms with Crippen LogP contribution in [0.5, 0.6) is 0 Å². The molecule has 3 rings (SSSR count). The number of nitrogens with zero attached hydrogens (tertiary/aromatic N) is 4. The molecule has 0 bridgehead atoms. The van der Waals surface area contributed by atoms with Crippen molar-refractivity contribution in [2.75, 3.05) is 0 Å². The van der Waals surface area contributed by atoms with Gasteiger partial charge in [0.25, 0.3) is 0 Å². The van der Waals surface area contributed by atoms with Gasteiger partial charge in [0.05, 0.1) is 11.6 Å². The van der Waals surface area contributed by atoms with Gasteiger partial charge in [-0.2, -0.15) is 4.68 Å². The highest BCUT2D eigenvalue weighted by atomic mass is 16.4. The summed E-state index contributed by atoms with van der Waals surface area (Å²) in [6.07, 6.45) is 0.544. The van der Waals surface area contributed by atoms with E-state index in [9.17, 15) is 9.59 Å². The normalized spacial score (nSPS) is 20.6. The van der Waals surface area contributed by atoms with Crippen molar-refractivity contribution in [2.24, 2.45) is 5.92 Å². The average molecular weight is 272 g/mol. The molecule has 0 radical (unpaired) electrons. The standard InChI is InChI=1S/C13H12N4O3/c1-7(18)8-3-2-4-9(5-8)17-12(14-15-16-17)10-6-11(10)13(19)20/h2-5,10-11H,6H2,1H3,(H,19,20). The third kappa shape index (κ3) is 2.07. The molecular weight excluding hydrogens is 260 g/mol. The number of carboxylic acid groups (broad SMARTS) is 1. The summed E-state index contributed by atoms with van der Waals surface area (Å²) in [6.45, 7) is 1.49. The van der Waals surface area contributed by atoms with E-state index in [2.05, 4.69) is 15.5 Å². The summed E-state index contributed by atoms with van der Waals surface area (Å²) in [5.41, 5.74) is 1.23. The van der Waals surface area contributed by atoms with E-state index in [1.807, 2.05) is 0 Å². The highest BCUT2D eigenvalue weighted by molar-refractivity contribution is 5.94. The number of carboxylic acids is 1. The lowest BCUT2D eigenvalue weighted by atomic mass is 10.1. The topological polar surface area (TPSA) is 98.0 Å². The first-order valence-corrected chi connectivity index (χ1v) is 6.20. The quantitative estimate of drug-likeness (QED) is 0.835. The average Bonchev–Trinajstić information content (AvgIpc) is 3.09. The molecule has 102 valence electrons. The van der Waals surface area contributed by atoms with Crippen LogP contribution in [0.15, 0.2) is 24.3 Å². The number of aliphatic carboxylic acids is 1. The van der Waals surface area contributed by atoms with Gasteiger partial charge in [0, 0.05) is 11.5 Å². The summed E-state index contributed by atoms with van der Waals surface area (Å²) in [5.74, 6) is -0.935. The highest BCUT2D eigenvalue weighted by Crippen LogP contribution is 2.46. The fraction of sp³-hybridized carbons (Fsp3) is 0.308. The van der Waals surface area contributed by atoms with Gasteiger partial charge in [-0.15, -0.1) is 5.10 Å². The predicted molar refractivity (Wildman–Crippen MR) is 67.6 cm³/mol. The van der Waals surface area contributed by atoms with Gasteiger partial charge < -0.3 is 5.11 Å². The summed E-state index contributed by atoms with van der Waals surface area (Å²) in [4.78, 5) is 22.3. The number of hydrogen-bond acceptors (Lipinski definition) is 5. The van der Waals surface area contributed by atoms with E-state index in [-0.39, 0.29) is 11.7 Å². The molecule has 7 heteroatoms. The maximum atomic E-state index is 11.4. The lowest BCUT2D eigenvalue weighted by Gasteiger charge is -2.05. The van der Waals surface area contributed by atoms with Crippen molar-refractivity contribution in [3.63, 3.8) is 0 Å². The Morgan fingerprint density at radius 1 is 1.40 bits per heavy atom. The van der Waals surface area contributed by atoms with Gasteiger partial charge in [-0.25, -0.2) is 0 Å². The molecule has 1 heterocycles. The van der Waals surface area contributed by atoms with Gasteiger partial charge in [0.15, 0.2) is 11.6 Å². The number of aromatic nitrogens is 4. The molecule has 1 N–H and O–H groups in total. The van der Waals surface area contributed by atoms with Crippen molar-refractivity contribution in [1.82, 2.24) is 20.2 Å². The summed E-state index contributed by atoms with van der Waals surface area (Å²) < 4.78 is 1.50. The largest absolute Gasteiger partial charge is 0.481 e. The van der Waals surface area contributed by atoms with Gasteiger partial charge in [-0.3, -0.25) is 9.59 Å². The Morgan fingerprint density at radius 3 is 2.85 bits per heavy atom. The van der Waals surface area contributed by atoms with E-state index in [0.29, 0.717) is 23.5 Å². The molecule has 2 atom stereocenters. The second-order valence-electron chi connectivity index (χ2n) is 4.84. The first-order chi connectivity index (χ1) is 9.58. The number of carbonyl (C=O) groups is 2. The van der Waals surface area contributed by atoms with Crippen LogP contribution < -0.4 is 0 Å². The Morgan fingerprint density at radius 2 is 2.20 bits per heavy atom. The van der Waals surface area contributed by atoms with E-state index < -0.39 is 11.9 Å². The summed E-state index contributed by atoms with van der Waals surface area (Å²) in [7, 11) is 0. The van der Waals surface area contributed by atoms with Gasteiger partial charge in [-0.1, -0.05) is 12.1 Å². The van der Waals surface area contributed by atoms with Gasteiger partial charge in [-0.05, 0) is 35.9 Å². The smallest absolute Gasteiger partial charge is 0.307 e. The molecule has 1 aliphatic carbocycles. The maximum Gasteiger partial charge on any atom is 0.307 e. The molecule has 2 aromatic rings. The minimum Gasteiger partial charge on any atom is -0.481 e. The third-order valence-electron chi connectivity index (χ3n) is 3.43. The van der Waals surface area contributed by atoms with Crippen molar-refractivity contribution in [1.29, 1.82) is 0 Å².